The number of aromatic nitrogens is 2. The van der Waals surface area contributed by atoms with Crippen LogP contribution < -0.4 is 0 Å². The number of hydrogen-bond donors (Lipinski definition) is 0. The predicted molar refractivity (Wildman–Crippen MR) is 69.5 cm³/mol. The molecule has 0 bridgehead atoms. The van der Waals surface area contributed by atoms with Crippen LogP contribution in [0.5, 0.6) is 0 Å². The van der Waals surface area contributed by atoms with Crippen molar-refractivity contribution in [3.05, 3.63) is 47.2 Å². The van der Waals surface area contributed by atoms with Crippen LogP contribution in [0.25, 0.3) is 11.3 Å². The van der Waals surface area contributed by atoms with Gasteiger partial charge in [0.2, 0.25) is 0 Å². The Bertz CT molecular complexity index is 576. The number of aryl methyl sites for hydroxylation is 2. The molecule has 90 valence electrons. The normalized spacial score (nSPS) is 14.0. The summed E-state index contributed by atoms with van der Waals surface area (Å²) in [5, 5.41) is 7.96. The first-order valence-corrected chi connectivity index (χ1v) is 6.28. The van der Waals surface area contributed by atoms with E-state index >= 15 is 0 Å². The molecule has 0 spiro atoms. The second-order valence-corrected chi connectivity index (χ2v) is 4.65. The minimum Gasteiger partial charge on any atom is -0.296 e. The fourth-order valence-corrected chi connectivity index (χ4v) is 2.45. The molecule has 1 aromatic carbocycles. The quantitative estimate of drug-likeness (QED) is 0.755. The van der Waals surface area contributed by atoms with E-state index in [-0.39, 0.29) is 0 Å². The minimum absolute atomic E-state index is 0.372. The highest BCUT2D eigenvalue weighted by atomic mass is 16.1. The highest BCUT2D eigenvalue weighted by Crippen LogP contribution is 2.26. The molecule has 18 heavy (non-hydrogen) atoms. The zero-order valence-corrected chi connectivity index (χ0v) is 10.1. The second kappa shape index (κ2) is 4.69. The number of nitrogens with zero attached hydrogens (tertiary/aromatic N) is 2. The van der Waals surface area contributed by atoms with E-state index in [9.17, 15) is 4.79 Å². The fourth-order valence-electron chi connectivity index (χ4n) is 2.45. The van der Waals surface area contributed by atoms with E-state index in [2.05, 4.69) is 28.4 Å². The van der Waals surface area contributed by atoms with Gasteiger partial charge in [0.05, 0.1) is 5.69 Å². The molecular weight excluding hydrogens is 224 g/mol. The molecule has 1 aliphatic carbocycles. The van der Waals surface area contributed by atoms with Crippen molar-refractivity contribution in [2.24, 2.45) is 0 Å². The van der Waals surface area contributed by atoms with Crippen LogP contribution in [0.1, 0.15) is 34.5 Å². The van der Waals surface area contributed by atoms with E-state index in [1.807, 2.05) is 6.07 Å². The number of benzene rings is 1. The zero-order chi connectivity index (χ0) is 12.4. The molecule has 0 aliphatic heterocycles. The van der Waals surface area contributed by atoms with E-state index < -0.39 is 0 Å². The van der Waals surface area contributed by atoms with Crippen LogP contribution in [0.2, 0.25) is 0 Å². The lowest BCUT2D eigenvalue weighted by Gasteiger charge is -2.16. The van der Waals surface area contributed by atoms with Crippen molar-refractivity contribution < 1.29 is 4.79 Å². The molecule has 0 atom stereocenters. The van der Waals surface area contributed by atoms with E-state index in [0.29, 0.717) is 12.0 Å². The standard InChI is InChI=1S/C15H14N2O/c18-10-14-7-8-15(17-16-14)13-6-5-11-3-1-2-4-12(11)9-13/h5-10H,1-4H2. The van der Waals surface area contributed by atoms with Gasteiger partial charge in [0, 0.05) is 5.56 Å². The third-order valence-electron chi connectivity index (χ3n) is 3.45. The summed E-state index contributed by atoms with van der Waals surface area (Å²) in [6.07, 6.45) is 5.62. The third kappa shape index (κ3) is 2.04. The van der Waals surface area contributed by atoms with E-state index in [1.165, 1.54) is 30.4 Å². The number of hydrogen-bond acceptors (Lipinski definition) is 3. The summed E-state index contributed by atoms with van der Waals surface area (Å²) >= 11 is 0. The van der Waals surface area contributed by atoms with Gasteiger partial charge in [-0.1, -0.05) is 12.1 Å². The van der Waals surface area contributed by atoms with E-state index in [1.54, 1.807) is 6.07 Å². The zero-order valence-electron chi connectivity index (χ0n) is 10.1. The largest absolute Gasteiger partial charge is 0.296 e. The summed E-state index contributed by atoms with van der Waals surface area (Å²) in [7, 11) is 0. The first-order valence-electron chi connectivity index (χ1n) is 6.28. The van der Waals surface area contributed by atoms with Gasteiger partial charge in [-0.25, -0.2) is 0 Å². The van der Waals surface area contributed by atoms with E-state index in [0.717, 1.165) is 17.7 Å². The van der Waals surface area contributed by atoms with Crippen LogP contribution in [0.4, 0.5) is 0 Å². The lowest BCUT2D eigenvalue weighted by atomic mass is 9.90. The van der Waals surface area contributed by atoms with Gasteiger partial charge in [-0.05, 0) is 55.0 Å². The molecule has 1 aliphatic rings. The third-order valence-corrected chi connectivity index (χ3v) is 3.45. The highest BCUT2D eigenvalue weighted by Gasteiger charge is 2.10. The Morgan fingerprint density at radius 2 is 1.78 bits per heavy atom. The van der Waals surface area contributed by atoms with Crippen molar-refractivity contribution >= 4 is 6.29 Å². The number of carbonyl (C=O) groups is 1. The van der Waals surface area contributed by atoms with Crippen molar-refractivity contribution in [2.45, 2.75) is 25.7 Å². The summed E-state index contributed by atoms with van der Waals surface area (Å²) in [5.74, 6) is 0. The molecule has 3 heteroatoms. The van der Waals surface area contributed by atoms with Crippen molar-refractivity contribution in [1.29, 1.82) is 0 Å². The maximum atomic E-state index is 10.5. The number of carbonyl (C=O) groups excluding carboxylic acids is 1. The Morgan fingerprint density at radius 3 is 2.50 bits per heavy atom. The van der Waals surface area contributed by atoms with Gasteiger partial charge in [0.1, 0.15) is 5.69 Å². The molecule has 1 aromatic heterocycles. The van der Waals surface area contributed by atoms with E-state index in [4.69, 9.17) is 0 Å². The Kier molecular flexibility index (Phi) is 2.89. The van der Waals surface area contributed by atoms with Gasteiger partial charge in [-0.2, -0.15) is 0 Å². The van der Waals surface area contributed by atoms with Crippen LogP contribution in [-0.2, 0) is 12.8 Å². The van der Waals surface area contributed by atoms with Crippen LogP contribution >= 0.6 is 0 Å². The van der Waals surface area contributed by atoms with Gasteiger partial charge in [0.15, 0.2) is 6.29 Å². The molecule has 1 heterocycles. The smallest absolute Gasteiger partial charge is 0.170 e. The molecule has 0 saturated heterocycles. The Balaban J connectivity index is 1.98. The number of rotatable bonds is 2. The van der Waals surface area contributed by atoms with Crippen molar-refractivity contribution in [2.75, 3.05) is 0 Å². The molecule has 0 saturated carbocycles. The lowest BCUT2D eigenvalue weighted by Crippen LogP contribution is -2.02. The monoisotopic (exact) mass is 238 g/mol. The minimum atomic E-state index is 0.372. The van der Waals surface area contributed by atoms with Gasteiger partial charge < -0.3 is 0 Å². The second-order valence-electron chi connectivity index (χ2n) is 4.65. The Labute approximate surface area is 106 Å². The lowest BCUT2D eigenvalue weighted by molar-refractivity contribution is 0.111. The number of fused-ring (bicyclic) bond motifs is 1. The molecule has 3 rings (SSSR count). The maximum absolute atomic E-state index is 10.5. The summed E-state index contributed by atoms with van der Waals surface area (Å²) in [6.45, 7) is 0. The number of aldehydes is 1. The summed E-state index contributed by atoms with van der Waals surface area (Å²) in [4.78, 5) is 10.5. The van der Waals surface area contributed by atoms with Gasteiger partial charge in [-0.15, -0.1) is 10.2 Å². The Hall–Kier alpha value is -2.03. The van der Waals surface area contributed by atoms with Crippen molar-refractivity contribution in [3.8, 4) is 11.3 Å². The molecule has 2 aromatic rings. The molecule has 0 amide bonds. The summed E-state index contributed by atoms with van der Waals surface area (Å²) in [6, 6.07) is 10.0. The molecule has 0 unspecified atom stereocenters. The highest BCUT2D eigenvalue weighted by molar-refractivity contribution is 5.72. The van der Waals surface area contributed by atoms with Gasteiger partial charge in [0.25, 0.3) is 0 Å². The van der Waals surface area contributed by atoms with Crippen LogP contribution in [0.3, 0.4) is 0 Å². The van der Waals surface area contributed by atoms with Crippen molar-refractivity contribution in [3.63, 3.8) is 0 Å². The van der Waals surface area contributed by atoms with Crippen LogP contribution in [0, 0.1) is 0 Å². The Morgan fingerprint density at radius 1 is 0.944 bits per heavy atom. The van der Waals surface area contributed by atoms with Crippen LogP contribution in [0.15, 0.2) is 30.3 Å². The maximum Gasteiger partial charge on any atom is 0.170 e. The molecule has 0 N–H and O–H groups in total. The average molecular weight is 238 g/mol. The predicted octanol–water partition coefficient (Wildman–Crippen LogP) is 2.83. The van der Waals surface area contributed by atoms with Crippen molar-refractivity contribution in [1.82, 2.24) is 10.2 Å². The molecule has 3 nitrogen and oxygen atoms in total. The average Bonchev–Trinajstić information content (AvgIpc) is 2.47. The van der Waals surface area contributed by atoms with Crippen LogP contribution in [-0.4, -0.2) is 16.5 Å². The van der Waals surface area contributed by atoms with Gasteiger partial charge >= 0.3 is 0 Å². The first kappa shape index (κ1) is 11.1. The molecule has 0 fully saturated rings. The molecular formula is C15H14N2O. The topological polar surface area (TPSA) is 42.9 Å². The SMILES string of the molecule is O=Cc1ccc(-c2ccc3c(c2)CCCC3)nn1. The first-order chi connectivity index (χ1) is 8.86. The summed E-state index contributed by atoms with van der Waals surface area (Å²) < 4.78 is 0. The fraction of sp³-hybridized carbons (Fsp3) is 0.267. The molecule has 0 radical (unpaired) electrons. The summed E-state index contributed by atoms with van der Waals surface area (Å²) in [5.41, 5.74) is 5.17. The van der Waals surface area contributed by atoms with Gasteiger partial charge in [-0.3, -0.25) is 4.79 Å².